The van der Waals surface area contributed by atoms with Crippen LogP contribution in [0.3, 0.4) is 0 Å². The van der Waals surface area contributed by atoms with Crippen molar-refractivity contribution in [1.82, 2.24) is 9.29 Å². The van der Waals surface area contributed by atoms with Crippen molar-refractivity contribution in [2.24, 2.45) is 0 Å². The van der Waals surface area contributed by atoms with Gasteiger partial charge in [-0.05, 0) is 67.8 Å². The van der Waals surface area contributed by atoms with Gasteiger partial charge >= 0.3 is 0 Å². The maximum absolute atomic E-state index is 12.8. The summed E-state index contributed by atoms with van der Waals surface area (Å²) in [6.07, 6.45) is 3.92. The summed E-state index contributed by atoms with van der Waals surface area (Å²) in [5.74, 6) is 0. The Balaban J connectivity index is 1.88. The van der Waals surface area contributed by atoms with E-state index in [1.165, 1.54) is 0 Å². The van der Waals surface area contributed by atoms with Gasteiger partial charge in [0.1, 0.15) is 0 Å². The maximum Gasteiger partial charge on any atom is 0.241 e. The molecule has 0 spiro atoms. The molecule has 0 bridgehead atoms. The molecule has 0 aliphatic carbocycles. The molecule has 0 radical (unpaired) electrons. The van der Waals surface area contributed by atoms with E-state index in [0.717, 1.165) is 22.4 Å². The van der Waals surface area contributed by atoms with Crippen molar-refractivity contribution >= 4 is 10.0 Å². The van der Waals surface area contributed by atoms with E-state index in [4.69, 9.17) is 0 Å². The summed E-state index contributed by atoms with van der Waals surface area (Å²) in [5, 5.41) is 0. The van der Waals surface area contributed by atoms with E-state index >= 15 is 0 Å². The van der Waals surface area contributed by atoms with E-state index < -0.39 is 10.0 Å². The highest BCUT2D eigenvalue weighted by atomic mass is 32.2. The third-order valence-electron chi connectivity index (χ3n) is 4.24. The number of aryl methyl sites for hydroxylation is 2. The quantitative estimate of drug-likeness (QED) is 0.749. The van der Waals surface area contributed by atoms with Crippen LogP contribution in [0.5, 0.6) is 0 Å². The largest absolute Gasteiger partial charge is 0.324 e. The molecule has 0 aliphatic rings. The van der Waals surface area contributed by atoms with Gasteiger partial charge < -0.3 is 4.57 Å². The van der Waals surface area contributed by atoms with Gasteiger partial charge in [0.2, 0.25) is 10.0 Å². The normalized spacial score (nSPS) is 12.9. The summed E-state index contributed by atoms with van der Waals surface area (Å²) < 4.78 is 30.4. The molecule has 0 unspecified atom stereocenters. The van der Waals surface area contributed by atoms with Crippen molar-refractivity contribution in [3.8, 4) is 5.69 Å². The second kappa shape index (κ2) is 6.86. The first kappa shape index (κ1) is 17.5. The third-order valence-corrected chi connectivity index (χ3v) is 5.92. The van der Waals surface area contributed by atoms with E-state index in [0.29, 0.717) is 4.90 Å². The second-order valence-electron chi connectivity index (χ2n) is 6.30. The van der Waals surface area contributed by atoms with Crippen LogP contribution in [0.1, 0.15) is 29.7 Å². The molecule has 25 heavy (non-hydrogen) atoms. The summed E-state index contributed by atoms with van der Waals surface area (Å²) in [4.78, 5) is 0.334. The fourth-order valence-corrected chi connectivity index (χ4v) is 4.38. The second-order valence-corrected chi connectivity index (χ2v) is 7.98. The fraction of sp³-hybridized carbons (Fsp3) is 0.200. The Morgan fingerprint density at radius 3 is 2.40 bits per heavy atom. The van der Waals surface area contributed by atoms with Gasteiger partial charge in [-0.15, -0.1) is 0 Å². The summed E-state index contributed by atoms with van der Waals surface area (Å²) in [5.41, 5.74) is 3.58. The topological polar surface area (TPSA) is 51.1 Å². The Morgan fingerprint density at radius 2 is 1.68 bits per heavy atom. The lowest BCUT2D eigenvalue weighted by atomic mass is 10.1. The van der Waals surface area contributed by atoms with E-state index in [2.05, 4.69) is 4.72 Å². The lowest BCUT2D eigenvalue weighted by Gasteiger charge is -2.17. The van der Waals surface area contributed by atoms with Crippen molar-refractivity contribution < 1.29 is 8.42 Å². The molecule has 5 heteroatoms. The lowest BCUT2D eigenvalue weighted by molar-refractivity contribution is 0.566. The first-order chi connectivity index (χ1) is 11.9. The number of sulfonamides is 1. The molecule has 3 rings (SSSR count). The van der Waals surface area contributed by atoms with Gasteiger partial charge in [-0.2, -0.15) is 0 Å². The van der Waals surface area contributed by atoms with Gasteiger partial charge in [-0.25, -0.2) is 13.1 Å². The van der Waals surface area contributed by atoms with Crippen molar-refractivity contribution in [2.45, 2.75) is 31.7 Å². The van der Waals surface area contributed by atoms with Gasteiger partial charge in [0.15, 0.2) is 0 Å². The molecule has 1 aromatic heterocycles. The minimum Gasteiger partial charge on any atom is -0.324 e. The Morgan fingerprint density at radius 1 is 0.960 bits per heavy atom. The van der Waals surface area contributed by atoms with Crippen LogP contribution in [-0.4, -0.2) is 13.0 Å². The van der Waals surface area contributed by atoms with Crippen LogP contribution in [0.2, 0.25) is 0 Å². The highest BCUT2D eigenvalue weighted by Crippen LogP contribution is 2.22. The van der Waals surface area contributed by atoms with E-state index in [1.807, 2.05) is 86.3 Å². The molecule has 4 nitrogen and oxygen atoms in total. The van der Waals surface area contributed by atoms with Crippen LogP contribution in [0, 0.1) is 13.8 Å². The third kappa shape index (κ3) is 3.83. The van der Waals surface area contributed by atoms with Crippen LogP contribution in [0.4, 0.5) is 0 Å². The number of hydrogen-bond acceptors (Lipinski definition) is 2. The van der Waals surface area contributed by atoms with Crippen molar-refractivity contribution in [3.63, 3.8) is 0 Å². The van der Waals surface area contributed by atoms with Crippen LogP contribution in [0.25, 0.3) is 5.69 Å². The van der Waals surface area contributed by atoms with Gasteiger partial charge in [0.05, 0.1) is 4.90 Å². The molecule has 130 valence electrons. The standard InChI is InChI=1S/C20H22N2O2S/c1-15-9-10-16(2)20(13-15)25(23,24)21-17(3)18-7-6-8-19(14-18)22-11-4-5-12-22/h4-14,17,21H,1-3H3/t17-/m1/s1. The summed E-state index contributed by atoms with van der Waals surface area (Å²) in [6, 6.07) is 16.9. The monoisotopic (exact) mass is 354 g/mol. The van der Waals surface area contributed by atoms with Crippen molar-refractivity contribution in [1.29, 1.82) is 0 Å². The average molecular weight is 354 g/mol. The molecular formula is C20H22N2O2S. The van der Waals surface area contributed by atoms with Crippen LogP contribution >= 0.6 is 0 Å². The molecular weight excluding hydrogens is 332 g/mol. The van der Waals surface area contributed by atoms with Crippen molar-refractivity contribution in [3.05, 3.63) is 83.7 Å². The zero-order chi connectivity index (χ0) is 18.0. The number of hydrogen-bond donors (Lipinski definition) is 1. The van der Waals surface area contributed by atoms with E-state index in [-0.39, 0.29) is 6.04 Å². The molecule has 0 saturated heterocycles. The average Bonchev–Trinajstić information content (AvgIpc) is 3.11. The maximum atomic E-state index is 12.8. The van der Waals surface area contributed by atoms with Gasteiger partial charge in [-0.1, -0.05) is 24.3 Å². The van der Waals surface area contributed by atoms with Crippen molar-refractivity contribution in [2.75, 3.05) is 0 Å². The van der Waals surface area contributed by atoms with E-state index in [1.54, 1.807) is 6.07 Å². The number of nitrogens with one attached hydrogen (secondary N) is 1. The molecule has 0 amide bonds. The zero-order valence-electron chi connectivity index (χ0n) is 14.6. The molecule has 1 heterocycles. The predicted molar refractivity (Wildman–Crippen MR) is 100 cm³/mol. The minimum absolute atomic E-state index is 0.333. The molecule has 0 saturated carbocycles. The Labute approximate surface area is 149 Å². The highest BCUT2D eigenvalue weighted by molar-refractivity contribution is 7.89. The van der Waals surface area contributed by atoms with Crippen LogP contribution in [0.15, 0.2) is 71.9 Å². The number of aromatic nitrogens is 1. The Hall–Kier alpha value is -2.37. The summed E-state index contributed by atoms with van der Waals surface area (Å²) >= 11 is 0. The summed E-state index contributed by atoms with van der Waals surface area (Å²) in [7, 11) is -3.58. The predicted octanol–water partition coefficient (Wildman–Crippen LogP) is 4.13. The smallest absolute Gasteiger partial charge is 0.241 e. The van der Waals surface area contributed by atoms with Crippen LogP contribution < -0.4 is 4.72 Å². The molecule has 0 aliphatic heterocycles. The highest BCUT2D eigenvalue weighted by Gasteiger charge is 2.20. The molecule has 2 aromatic carbocycles. The van der Waals surface area contributed by atoms with E-state index in [9.17, 15) is 8.42 Å². The van der Waals surface area contributed by atoms with Gasteiger partial charge in [0, 0.05) is 24.1 Å². The summed E-state index contributed by atoms with van der Waals surface area (Å²) in [6.45, 7) is 5.56. The number of rotatable bonds is 5. The lowest BCUT2D eigenvalue weighted by Crippen LogP contribution is -2.27. The van der Waals surface area contributed by atoms with Crippen LogP contribution in [-0.2, 0) is 10.0 Å². The van der Waals surface area contributed by atoms with Gasteiger partial charge in [-0.3, -0.25) is 0 Å². The Bertz CT molecular complexity index is 977. The molecule has 1 N–H and O–H groups in total. The fourth-order valence-electron chi connectivity index (χ4n) is 2.82. The van der Waals surface area contributed by atoms with Gasteiger partial charge in [0.25, 0.3) is 0 Å². The Kier molecular flexibility index (Phi) is 4.79. The number of benzene rings is 2. The zero-order valence-corrected chi connectivity index (χ0v) is 15.4. The molecule has 3 aromatic rings. The molecule has 0 fully saturated rings. The first-order valence-electron chi connectivity index (χ1n) is 8.20. The molecule has 1 atom stereocenters. The first-order valence-corrected chi connectivity index (χ1v) is 9.68. The SMILES string of the molecule is Cc1ccc(C)c(S(=O)(=O)N[C@H](C)c2cccc(-n3cccc3)c2)c1. The number of nitrogens with zero attached hydrogens (tertiary/aromatic N) is 1. The minimum atomic E-state index is -3.58.